The number of aliphatic hydroxyl groups excluding tert-OH is 1. The maximum atomic E-state index is 12.3. The number of amides is 1. The fourth-order valence-corrected chi connectivity index (χ4v) is 2.90. The number of hydrogen-bond acceptors (Lipinski definition) is 3. The van der Waals surface area contributed by atoms with Crippen LogP contribution in [0.5, 0.6) is 0 Å². The Morgan fingerprint density at radius 2 is 2.10 bits per heavy atom. The van der Waals surface area contributed by atoms with Gasteiger partial charge in [0.15, 0.2) is 0 Å². The molecule has 4 nitrogen and oxygen atoms in total. The first-order valence-electron chi connectivity index (χ1n) is 6.44. The Morgan fingerprint density at radius 3 is 2.90 bits per heavy atom. The van der Waals surface area contributed by atoms with Gasteiger partial charge in [-0.2, -0.15) is 0 Å². The van der Waals surface area contributed by atoms with Crippen LogP contribution in [0.2, 0.25) is 10.2 Å². The molecule has 1 aromatic heterocycles. The van der Waals surface area contributed by atoms with E-state index in [2.05, 4.69) is 10.3 Å². The lowest BCUT2D eigenvalue weighted by molar-refractivity contribution is 0.0858. The van der Waals surface area contributed by atoms with Crippen molar-refractivity contribution in [1.29, 1.82) is 0 Å². The van der Waals surface area contributed by atoms with Gasteiger partial charge in [-0.3, -0.25) is 4.79 Å². The third-order valence-electron chi connectivity index (χ3n) is 3.56. The van der Waals surface area contributed by atoms with Gasteiger partial charge in [0.1, 0.15) is 5.15 Å². The lowest BCUT2D eigenvalue weighted by atomic mass is 10.1. The zero-order valence-electron chi connectivity index (χ0n) is 10.9. The highest BCUT2D eigenvalue weighted by molar-refractivity contribution is 6.35. The van der Waals surface area contributed by atoms with Crippen molar-refractivity contribution in [3.05, 3.63) is 63.4 Å². The molecule has 1 heterocycles. The normalized spacial score (nSPS) is 20.1. The predicted molar refractivity (Wildman–Crippen MR) is 80.6 cm³/mol. The zero-order valence-corrected chi connectivity index (χ0v) is 12.4. The van der Waals surface area contributed by atoms with E-state index in [1.807, 2.05) is 24.3 Å². The molecule has 1 aliphatic carbocycles. The summed E-state index contributed by atoms with van der Waals surface area (Å²) in [7, 11) is 0. The van der Waals surface area contributed by atoms with Gasteiger partial charge in [0.25, 0.3) is 5.91 Å². The molecule has 1 amide bonds. The predicted octanol–water partition coefficient (Wildman–Crippen LogP) is 2.78. The maximum absolute atomic E-state index is 12.3. The van der Waals surface area contributed by atoms with Crippen molar-refractivity contribution in [2.75, 3.05) is 0 Å². The molecule has 0 saturated carbocycles. The van der Waals surface area contributed by atoms with Crippen LogP contribution in [-0.4, -0.2) is 22.1 Å². The molecule has 0 bridgehead atoms. The first-order valence-corrected chi connectivity index (χ1v) is 7.19. The number of aliphatic hydroxyl groups is 1. The van der Waals surface area contributed by atoms with E-state index < -0.39 is 12.1 Å². The Morgan fingerprint density at radius 1 is 1.33 bits per heavy atom. The topological polar surface area (TPSA) is 62.2 Å². The fraction of sp³-hybridized carbons (Fsp3) is 0.200. The Labute approximate surface area is 131 Å². The number of fused-ring (bicyclic) bond motifs is 1. The smallest absolute Gasteiger partial charge is 0.253 e. The number of carbonyl (C=O) groups is 1. The van der Waals surface area contributed by atoms with Gasteiger partial charge in [-0.15, -0.1) is 0 Å². The van der Waals surface area contributed by atoms with E-state index in [1.165, 1.54) is 12.3 Å². The van der Waals surface area contributed by atoms with Crippen molar-refractivity contribution >= 4 is 29.1 Å². The molecule has 0 aliphatic heterocycles. The molecule has 1 aliphatic rings. The zero-order chi connectivity index (χ0) is 15.0. The first-order chi connectivity index (χ1) is 10.1. The van der Waals surface area contributed by atoms with Crippen LogP contribution in [0.4, 0.5) is 0 Å². The van der Waals surface area contributed by atoms with Gasteiger partial charge < -0.3 is 10.4 Å². The molecular weight excluding hydrogens is 311 g/mol. The monoisotopic (exact) mass is 322 g/mol. The minimum Gasteiger partial charge on any atom is -0.390 e. The molecule has 0 saturated heterocycles. The molecule has 0 spiro atoms. The van der Waals surface area contributed by atoms with Crippen LogP contribution in [0.25, 0.3) is 0 Å². The third-order valence-corrected chi connectivity index (χ3v) is 4.07. The molecule has 0 fully saturated rings. The van der Waals surface area contributed by atoms with E-state index in [0.29, 0.717) is 6.42 Å². The number of aromatic nitrogens is 1. The minimum absolute atomic E-state index is 0.192. The van der Waals surface area contributed by atoms with Gasteiger partial charge >= 0.3 is 0 Å². The number of rotatable bonds is 2. The molecule has 2 aromatic rings. The summed E-state index contributed by atoms with van der Waals surface area (Å²) in [5, 5.41) is 13.4. The van der Waals surface area contributed by atoms with Crippen molar-refractivity contribution in [2.45, 2.75) is 18.6 Å². The number of pyridine rings is 1. The van der Waals surface area contributed by atoms with E-state index >= 15 is 0 Å². The highest BCUT2D eigenvalue weighted by atomic mass is 35.5. The highest BCUT2D eigenvalue weighted by Gasteiger charge is 2.32. The molecule has 0 unspecified atom stereocenters. The van der Waals surface area contributed by atoms with E-state index in [9.17, 15) is 9.90 Å². The highest BCUT2D eigenvalue weighted by Crippen LogP contribution is 2.31. The second-order valence-electron chi connectivity index (χ2n) is 4.91. The van der Waals surface area contributed by atoms with Crippen molar-refractivity contribution in [1.82, 2.24) is 10.3 Å². The average molecular weight is 323 g/mol. The summed E-state index contributed by atoms with van der Waals surface area (Å²) in [6.07, 6.45) is 1.20. The SMILES string of the molecule is O=C(N[C@@H]1c2ccccc2C[C@@H]1O)c1cc(Cl)ncc1Cl. The lowest BCUT2D eigenvalue weighted by Crippen LogP contribution is -2.34. The number of nitrogens with zero attached hydrogens (tertiary/aromatic N) is 1. The molecule has 0 radical (unpaired) electrons. The van der Waals surface area contributed by atoms with Crippen LogP contribution in [0, 0.1) is 0 Å². The van der Waals surface area contributed by atoms with Gasteiger partial charge in [-0.25, -0.2) is 4.98 Å². The molecule has 6 heteroatoms. The molecular formula is C15H12Cl2N2O2. The molecule has 3 rings (SSSR count). The number of nitrogens with one attached hydrogen (secondary N) is 1. The molecule has 2 atom stereocenters. The van der Waals surface area contributed by atoms with Crippen molar-refractivity contribution in [3.63, 3.8) is 0 Å². The summed E-state index contributed by atoms with van der Waals surface area (Å²) in [4.78, 5) is 16.1. The number of hydrogen-bond donors (Lipinski definition) is 2. The van der Waals surface area contributed by atoms with E-state index in [-0.39, 0.29) is 21.6 Å². The van der Waals surface area contributed by atoms with Gasteiger partial charge in [-0.1, -0.05) is 47.5 Å². The quantitative estimate of drug-likeness (QED) is 0.836. The Bertz CT molecular complexity index is 706. The van der Waals surface area contributed by atoms with Crippen LogP contribution in [0.1, 0.15) is 27.5 Å². The van der Waals surface area contributed by atoms with Gasteiger partial charge in [0, 0.05) is 12.6 Å². The molecule has 108 valence electrons. The average Bonchev–Trinajstić information content (AvgIpc) is 2.78. The van der Waals surface area contributed by atoms with Crippen molar-refractivity contribution in [2.24, 2.45) is 0 Å². The molecule has 1 aromatic carbocycles. The summed E-state index contributed by atoms with van der Waals surface area (Å²) < 4.78 is 0. The second-order valence-corrected chi connectivity index (χ2v) is 5.70. The summed E-state index contributed by atoms with van der Waals surface area (Å²) in [6, 6.07) is 8.60. The Hall–Kier alpha value is -1.62. The third kappa shape index (κ3) is 2.75. The largest absolute Gasteiger partial charge is 0.390 e. The van der Waals surface area contributed by atoms with Crippen LogP contribution < -0.4 is 5.32 Å². The lowest BCUT2D eigenvalue weighted by Gasteiger charge is -2.18. The Balaban J connectivity index is 1.87. The summed E-state index contributed by atoms with van der Waals surface area (Å²) >= 11 is 11.8. The van der Waals surface area contributed by atoms with Crippen LogP contribution in [-0.2, 0) is 6.42 Å². The van der Waals surface area contributed by atoms with E-state index in [0.717, 1.165) is 11.1 Å². The van der Waals surface area contributed by atoms with Crippen LogP contribution >= 0.6 is 23.2 Å². The number of benzene rings is 1. The summed E-state index contributed by atoms with van der Waals surface area (Å²) in [5.41, 5.74) is 2.21. The summed E-state index contributed by atoms with van der Waals surface area (Å²) in [5.74, 6) is -0.384. The second kappa shape index (κ2) is 5.64. The van der Waals surface area contributed by atoms with Gasteiger partial charge in [0.2, 0.25) is 0 Å². The number of halogens is 2. The first kappa shape index (κ1) is 14.3. The maximum Gasteiger partial charge on any atom is 0.253 e. The van der Waals surface area contributed by atoms with E-state index in [1.54, 1.807) is 0 Å². The molecule has 2 N–H and O–H groups in total. The van der Waals surface area contributed by atoms with Crippen LogP contribution in [0.15, 0.2) is 36.5 Å². The molecule has 21 heavy (non-hydrogen) atoms. The minimum atomic E-state index is -0.651. The van der Waals surface area contributed by atoms with Crippen molar-refractivity contribution in [3.8, 4) is 0 Å². The van der Waals surface area contributed by atoms with Gasteiger partial charge in [0.05, 0.1) is 22.7 Å². The van der Waals surface area contributed by atoms with E-state index in [4.69, 9.17) is 23.2 Å². The van der Waals surface area contributed by atoms with Crippen LogP contribution in [0.3, 0.4) is 0 Å². The fourth-order valence-electron chi connectivity index (χ4n) is 2.55. The van der Waals surface area contributed by atoms with Gasteiger partial charge in [-0.05, 0) is 17.2 Å². The Kier molecular flexibility index (Phi) is 3.85. The summed E-state index contributed by atoms with van der Waals surface area (Å²) in [6.45, 7) is 0. The number of carbonyl (C=O) groups excluding carboxylic acids is 1. The van der Waals surface area contributed by atoms with Crippen molar-refractivity contribution < 1.29 is 9.90 Å². The standard InChI is InChI=1S/C15H12Cl2N2O2/c16-11-7-18-13(17)6-10(11)15(21)19-14-9-4-2-1-3-8(9)5-12(14)20/h1-4,6-7,12,14,20H,5H2,(H,19,21)/t12-,14+/m0/s1.